The van der Waals surface area contributed by atoms with E-state index in [-0.39, 0.29) is 0 Å². The molecule has 1 fully saturated rings. The summed E-state index contributed by atoms with van der Waals surface area (Å²) in [6.45, 7) is 6.60. The highest BCUT2D eigenvalue weighted by molar-refractivity contribution is 5.90. The third-order valence-electron chi connectivity index (χ3n) is 4.92. The van der Waals surface area contributed by atoms with Crippen LogP contribution >= 0.6 is 0 Å². The van der Waals surface area contributed by atoms with Crippen molar-refractivity contribution in [1.82, 2.24) is 19.4 Å². The van der Waals surface area contributed by atoms with Gasteiger partial charge in [0.2, 0.25) is 0 Å². The average molecular weight is 521 g/mol. The topological polar surface area (TPSA) is 192 Å². The number of nitrogens with zero attached hydrogens (tertiary/aromatic N) is 4. The lowest BCUT2D eigenvalue weighted by Crippen LogP contribution is -2.32. The van der Waals surface area contributed by atoms with Gasteiger partial charge in [-0.2, -0.15) is 0 Å². The van der Waals surface area contributed by atoms with Gasteiger partial charge in [-0.25, -0.2) is 29.1 Å². The monoisotopic (exact) mass is 520 g/mol. The van der Waals surface area contributed by atoms with Crippen molar-refractivity contribution in [1.29, 1.82) is 0 Å². The van der Waals surface area contributed by atoms with Crippen molar-refractivity contribution in [3.8, 4) is 0 Å². The predicted molar refractivity (Wildman–Crippen MR) is 132 cm³/mol. The number of likely N-dealkylation sites (tertiary alicyclic amines) is 1. The fraction of sp³-hybridized carbons (Fsp3) is 0.417. The number of aromatic nitrogens is 3. The number of hydrogen-bond acceptors (Lipinski definition) is 8. The SMILES string of the molecule is CCOCCn1c([C@@H]2CCCN(C)C2)nc2cccnc21.O=C(O)/C=C/C(=O)O.O=C(O)/C=C/C(=O)O. The van der Waals surface area contributed by atoms with Crippen LogP contribution in [0, 0.1) is 0 Å². The third kappa shape index (κ3) is 12.4. The number of hydrogen-bond donors (Lipinski definition) is 4. The van der Waals surface area contributed by atoms with Crippen LogP contribution in [0.4, 0.5) is 0 Å². The van der Waals surface area contributed by atoms with Crippen molar-refractivity contribution in [3.05, 3.63) is 48.5 Å². The molecule has 1 saturated heterocycles. The van der Waals surface area contributed by atoms with Crippen molar-refractivity contribution in [2.75, 3.05) is 33.4 Å². The summed E-state index contributed by atoms with van der Waals surface area (Å²) in [4.78, 5) is 50.0. The molecule has 37 heavy (non-hydrogen) atoms. The Balaban J connectivity index is 0.000000355. The highest BCUT2D eigenvalue weighted by Crippen LogP contribution is 2.28. The van der Waals surface area contributed by atoms with E-state index in [0.717, 1.165) is 30.9 Å². The standard InChI is InChI=1S/C16H24N4O.2C4H4O4/c1-3-21-11-10-20-15(13-6-5-9-19(2)12-13)18-14-7-4-8-17-16(14)20;2*5-3(6)1-2-4(7)8/h4,7-8,13H,3,5-6,9-12H2,1-2H3;2*1-2H,(H,5,6)(H,7,8)/b;2*2-1+/t13-;;/m1../s1. The van der Waals surface area contributed by atoms with Gasteiger partial charge < -0.3 is 34.6 Å². The van der Waals surface area contributed by atoms with Crippen LogP contribution in [0.5, 0.6) is 0 Å². The number of rotatable bonds is 9. The summed E-state index contributed by atoms with van der Waals surface area (Å²) in [5.74, 6) is -3.35. The van der Waals surface area contributed by atoms with Gasteiger partial charge in [-0.05, 0) is 45.5 Å². The van der Waals surface area contributed by atoms with Crippen LogP contribution < -0.4 is 0 Å². The number of piperidine rings is 1. The summed E-state index contributed by atoms with van der Waals surface area (Å²) in [6.07, 6.45) is 6.53. The first-order valence-electron chi connectivity index (χ1n) is 11.4. The summed E-state index contributed by atoms with van der Waals surface area (Å²) >= 11 is 0. The fourth-order valence-corrected chi connectivity index (χ4v) is 3.47. The Morgan fingerprint density at radius 3 is 2.08 bits per heavy atom. The molecule has 3 rings (SSSR count). The molecule has 1 aliphatic heterocycles. The molecule has 0 saturated carbocycles. The molecular weight excluding hydrogens is 488 g/mol. The lowest BCUT2D eigenvalue weighted by molar-refractivity contribution is -0.134. The lowest BCUT2D eigenvalue weighted by Gasteiger charge is -2.29. The normalized spacial score (nSPS) is 15.6. The largest absolute Gasteiger partial charge is 0.478 e. The first kappa shape index (κ1) is 30.9. The van der Waals surface area contributed by atoms with E-state index >= 15 is 0 Å². The van der Waals surface area contributed by atoms with Crippen molar-refractivity contribution >= 4 is 35.0 Å². The first-order valence-corrected chi connectivity index (χ1v) is 11.4. The van der Waals surface area contributed by atoms with Crippen molar-refractivity contribution in [2.24, 2.45) is 0 Å². The molecule has 0 amide bonds. The van der Waals surface area contributed by atoms with Gasteiger partial charge >= 0.3 is 23.9 Å². The molecule has 202 valence electrons. The smallest absolute Gasteiger partial charge is 0.328 e. The van der Waals surface area contributed by atoms with E-state index in [0.29, 0.717) is 36.8 Å². The fourth-order valence-electron chi connectivity index (χ4n) is 3.47. The second kappa shape index (κ2) is 16.5. The maximum absolute atomic E-state index is 9.55. The van der Waals surface area contributed by atoms with Gasteiger partial charge in [-0.3, -0.25) is 0 Å². The molecule has 0 aliphatic carbocycles. The highest BCUT2D eigenvalue weighted by atomic mass is 16.5. The van der Waals surface area contributed by atoms with E-state index < -0.39 is 23.9 Å². The molecule has 3 heterocycles. The first-order chi connectivity index (χ1) is 17.5. The summed E-state index contributed by atoms with van der Waals surface area (Å²) in [7, 11) is 2.19. The van der Waals surface area contributed by atoms with Gasteiger partial charge in [-0.15, -0.1) is 0 Å². The third-order valence-corrected chi connectivity index (χ3v) is 4.92. The number of carbonyl (C=O) groups is 4. The zero-order valence-corrected chi connectivity index (χ0v) is 20.7. The number of carboxylic acid groups (broad SMARTS) is 4. The van der Waals surface area contributed by atoms with E-state index in [4.69, 9.17) is 30.1 Å². The average Bonchev–Trinajstić information content (AvgIpc) is 3.21. The van der Waals surface area contributed by atoms with Crippen molar-refractivity contribution in [3.63, 3.8) is 0 Å². The predicted octanol–water partition coefficient (Wildman–Crippen LogP) is 1.70. The summed E-state index contributed by atoms with van der Waals surface area (Å²) in [6, 6.07) is 4.01. The summed E-state index contributed by atoms with van der Waals surface area (Å²) < 4.78 is 7.79. The minimum atomic E-state index is -1.26. The minimum Gasteiger partial charge on any atom is -0.478 e. The van der Waals surface area contributed by atoms with Gasteiger partial charge in [0.15, 0.2) is 5.65 Å². The molecule has 0 bridgehead atoms. The number of carboxylic acids is 4. The molecular formula is C24H32N4O9. The Labute approximate surface area is 213 Å². The number of aliphatic carboxylic acids is 4. The Morgan fingerprint density at radius 2 is 1.59 bits per heavy atom. The van der Waals surface area contributed by atoms with E-state index in [9.17, 15) is 19.2 Å². The Morgan fingerprint density at radius 1 is 1.03 bits per heavy atom. The number of likely N-dealkylation sites (N-methyl/N-ethyl adjacent to an activating group) is 1. The maximum Gasteiger partial charge on any atom is 0.328 e. The van der Waals surface area contributed by atoms with E-state index in [1.54, 1.807) is 0 Å². The quantitative estimate of drug-likeness (QED) is 0.277. The molecule has 0 spiro atoms. The molecule has 0 aromatic carbocycles. The van der Waals surface area contributed by atoms with Gasteiger partial charge in [0.1, 0.15) is 11.3 Å². The molecule has 2 aromatic rings. The van der Waals surface area contributed by atoms with E-state index in [2.05, 4.69) is 27.6 Å². The van der Waals surface area contributed by atoms with Crippen LogP contribution in [0.1, 0.15) is 31.5 Å². The van der Waals surface area contributed by atoms with E-state index in [1.807, 2.05) is 19.2 Å². The highest BCUT2D eigenvalue weighted by Gasteiger charge is 2.24. The summed E-state index contributed by atoms with van der Waals surface area (Å²) in [5.41, 5.74) is 1.98. The maximum atomic E-state index is 9.55. The Kier molecular flexibility index (Phi) is 13.8. The molecule has 2 aromatic heterocycles. The van der Waals surface area contributed by atoms with Crippen molar-refractivity contribution in [2.45, 2.75) is 32.2 Å². The molecule has 1 aliphatic rings. The van der Waals surface area contributed by atoms with Crippen LogP contribution in [0.15, 0.2) is 42.6 Å². The molecule has 13 heteroatoms. The zero-order chi connectivity index (χ0) is 27.8. The Hall–Kier alpha value is -4.10. The lowest BCUT2D eigenvalue weighted by atomic mass is 9.97. The van der Waals surface area contributed by atoms with Crippen LogP contribution in [0.3, 0.4) is 0 Å². The minimum absolute atomic E-state index is 0.500. The Bertz CT molecular complexity index is 1040. The van der Waals surface area contributed by atoms with Gasteiger partial charge in [-0.1, -0.05) is 0 Å². The molecule has 13 nitrogen and oxygen atoms in total. The molecule has 0 unspecified atom stereocenters. The number of ether oxygens (including phenoxy) is 1. The van der Waals surface area contributed by atoms with Crippen LogP contribution in [0.25, 0.3) is 11.2 Å². The molecule has 1 atom stereocenters. The number of imidazole rings is 1. The molecule has 4 N–H and O–H groups in total. The number of pyridine rings is 1. The van der Waals surface area contributed by atoms with Crippen molar-refractivity contribution < 1.29 is 44.3 Å². The zero-order valence-electron chi connectivity index (χ0n) is 20.7. The van der Waals surface area contributed by atoms with Crippen LogP contribution in [-0.2, 0) is 30.5 Å². The van der Waals surface area contributed by atoms with Gasteiger partial charge in [0.25, 0.3) is 0 Å². The van der Waals surface area contributed by atoms with E-state index in [1.165, 1.54) is 25.2 Å². The number of fused-ring (bicyclic) bond motifs is 1. The second-order valence-electron chi connectivity index (χ2n) is 7.79. The van der Waals surface area contributed by atoms with Crippen LogP contribution in [0.2, 0.25) is 0 Å². The van der Waals surface area contributed by atoms with Gasteiger partial charge in [0.05, 0.1) is 6.61 Å². The summed E-state index contributed by atoms with van der Waals surface area (Å²) in [5, 5.41) is 31.2. The van der Waals surface area contributed by atoms with Crippen LogP contribution in [-0.4, -0.2) is 97.1 Å². The molecule has 0 radical (unpaired) electrons. The van der Waals surface area contributed by atoms with Gasteiger partial charge in [0, 0.05) is 56.1 Å². The second-order valence-corrected chi connectivity index (χ2v) is 7.79.